The second kappa shape index (κ2) is 3.39. The smallest absolute Gasteiger partial charge is 0.195 e. The van der Waals surface area contributed by atoms with E-state index in [0.29, 0.717) is 6.92 Å². The molecular weight excluding hydrogens is 219 g/mol. The van der Waals surface area contributed by atoms with Crippen LogP contribution < -0.4 is 0 Å². The lowest BCUT2D eigenvalue weighted by Crippen LogP contribution is -2.42. The van der Waals surface area contributed by atoms with Crippen molar-refractivity contribution in [2.45, 2.75) is 19.1 Å². The van der Waals surface area contributed by atoms with Crippen LogP contribution in [0, 0.1) is 0 Å². The molecule has 0 aliphatic rings. The van der Waals surface area contributed by atoms with Gasteiger partial charge < -0.3 is 0 Å². The van der Waals surface area contributed by atoms with Crippen LogP contribution in [0.15, 0.2) is 0 Å². The maximum atomic E-state index is 11.9. The second-order valence-corrected chi connectivity index (χ2v) is 4.75. The molecule has 8 heteroatoms. The van der Waals surface area contributed by atoms with Crippen LogP contribution in [-0.4, -0.2) is 32.0 Å². The molecule has 0 aliphatic heterocycles. The highest BCUT2D eigenvalue weighted by Gasteiger charge is 2.42. The van der Waals surface area contributed by atoms with Gasteiger partial charge >= 0.3 is 6.18 Å². The van der Waals surface area contributed by atoms with E-state index in [1.165, 1.54) is 0 Å². The highest BCUT2D eigenvalue weighted by atomic mass is 35.7. The van der Waals surface area contributed by atoms with Crippen LogP contribution in [0.25, 0.3) is 0 Å². The largest absolute Gasteiger partial charge is 0.404 e. The van der Waals surface area contributed by atoms with Crippen LogP contribution in [0.5, 0.6) is 0 Å². The highest BCUT2D eigenvalue weighted by molar-refractivity contribution is 8.11. The van der Waals surface area contributed by atoms with Gasteiger partial charge in [0.05, 0.1) is 0 Å². The summed E-state index contributed by atoms with van der Waals surface area (Å²) < 4.78 is 56.5. The minimum absolute atomic E-state index is 0.0502. The first-order chi connectivity index (χ1) is 5.07. The Kier molecular flexibility index (Phi) is 3.39. The molecule has 0 bridgehead atoms. The molecule has 0 amide bonds. The van der Waals surface area contributed by atoms with Crippen molar-refractivity contribution in [2.24, 2.45) is 0 Å². The number of nitrogens with zero attached hydrogens (tertiary/aromatic N) is 1. The molecule has 0 rings (SSSR count). The minimum atomic E-state index is -4.60. The van der Waals surface area contributed by atoms with E-state index in [1.54, 1.807) is 0 Å². The molecule has 0 spiro atoms. The molecule has 0 fully saturated rings. The zero-order valence-corrected chi connectivity index (χ0v) is 7.83. The summed E-state index contributed by atoms with van der Waals surface area (Å²) >= 11 is 0. The summed E-state index contributed by atoms with van der Waals surface area (Å²) in [6, 6.07) is -2.11. The average Bonchev–Trinajstić information content (AvgIpc) is 1.80. The van der Waals surface area contributed by atoms with Gasteiger partial charge in [0.1, 0.15) is 6.04 Å². The highest BCUT2D eigenvalue weighted by Crippen LogP contribution is 2.25. The summed E-state index contributed by atoms with van der Waals surface area (Å²) in [6.07, 6.45) is -4.60. The van der Waals surface area contributed by atoms with Crippen molar-refractivity contribution < 1.29 is 21.6 Å². The van der Waals surface area contributed by atoms with Crippen molar-refractivity contribution in [2.75, 3.05) is 7.05 Å². The van der Waals surface area contributed by atoms with Gasteiger partial charge in [-0.1, -0.05) is 0 Å². The number of alkyl halides is 3. The molecule has 0 aromatic carbocycles. The Hall–Kier alpha value is -0.0100. The summed E-state index contributed by atoms with van der Waals surface area (Å²) in [5, 5.41) is 0. The first-order valence-corrected chi connectivity index (χ1v) is 5.07. The van der Waals surface area contributed by atoms with Crippen molar-refractivity contribution in [3.63, 3.8) is 0 Å². The summed E-state index contributed by atoms with van der Waals surface area (Å²) in [5.74, 6) is 0. The Morgan fingerprint density at radius 1 is 1.42 bits per heavy atom. The van der Waals surface area contributed by atoms with Gasteiger partial charge in [0.2, 0.25) is 0 Å². The predicted molar refractivity (Wildman–Crippen MR) is 38.1 cm³/mol. The normalized spacial score (nSPS) is 16.6. The van der Waals surface area contributed by atoms with Crippen LogP contribution in [0.3, 0.4) is 0 Å². The molecule has 0 saturated carbocycles. The van der Waals surface area contributed by atoms with E-state index in [4.69, 9.17) is 0 Å². The molecule has 1 atom stereocenters. The Morgan fingerprint density at radius 2 is 1.75 bits per heavy atom. The van der Waals surface area contributed by atoms with Crippen molar-refractivity contribution in [3.05, 3.63) is 0 Å². The van der Waals surface area contributed by atoms with Crippen molar-refractivity contribution in [1.82, 2.24) is 4.31 Å². The Labute approximate surface area is 72.7 Å². The molecule has 74 valence electrons. The number of rotatable bonds is 2. The monoisotopic (exact) mass is 225 g/mol. The summed E-state index contributed by atoms with van der Waals surface area (Å²) in [5.41, 5.74) is 0. The first-order valence-electron chi connectivity index (χ1n) is 2.81. The van der Waals surface area contributed by atoms with E-state index < -0.39 is 21.5 Å². The van der Waals surface area contributed by atoms with Crippen molar-refractivity contribution >= 4 is 19.9 Å². The zero-order chi connectivity index (χ0) is 10.2. The number of halogens is 4. The van der Waals surface area contributed by atoms with Gasteiger partial charge in [0.15, 0.2) is 0 Å². The molecule has 0 saturated heterocycles. The third kappa shape index (κ3) is 3.16. The molecule has 0 heterocycles. The van der Waals surface area contributed by atoms with Crippen LogP contribution in [0.4, 0.5) is 13.2 Å². The molecule has 3 nitrogen and oxygen atoms in total. The molecule has 0 radical (unpaired) electrons. The standard InChI is InChI=1S/C4H7ClF3NO2S/c1-3(4(6,7)8)9(2)12(5,10)11/h3H,1-2H3. The molecule has 0 N–H and O–H groups in total. The van der Waals surface area contributed by atoms with Gasteiger partial charge in [-0.05, 0) is 6.92 Å². The third-order valence-electron chi connectivity index (χ3n) is 1.36. The van der Waals surface area contributed by atoms with Crippen molar-refractivity contribution in [1.29, 1.82) is 0 Å². The van der Waals surface area contributed by atoms with Gasteiger partial charge in [-0.2, -0.15) is 25.9 Å². The lowest BCUT2D eigenvalue weighted by Gasteiger charge is -2.22. The van der Waals surface area contributed by atoms with E-state index in [2.05, 4.69) is 10.7 Å². The van der Waals surface area contributed by atoms with Crippen LogP contribution >= 0.6 is 10.7 Å². The Bertz CT molecular complexity index is 250. The van der Waals surface area contributed by atoms with Gasteiger partial charge in [0, 0.05) is 17.7 Å². The van der Waals surface area contributed by atoms with Crippen LogP contribution in [0.2, 0.25) is 0 Å². The quantitative estimate of drug-likeness (QED) is 0.666. The Balaban J connectivity index is 4.64. The van der Waals surface area contributed by atoms with Gasteiger partial charge in [0.25, 0.3) is 9.24 Å². The first kappa shape index (κ1) is 12.0. The summed E-state index contributed by atoms with van der Waals surface area (Å²) in [6.45, 7) is 0.708. The molecule has 0 aromatic rings. The second-order valence-electron chi connectivity index (χ2n) is 2.18. The Morgan fingerprint density at radius 3 is 1.83 bits per heavy atom. The zero-order valence-electron chi connectivity index (χ0n) is 6.26. The third-order valence-corrected chi connectivity index (χ3v) is 3.02. The summed E-state index contributed by atoms with van der Waals surface area (Å²) in [4.78, 5) is 0. The molecule has 0 aliphatic carbocycles. The molecular formula is C4H7ClF3NO2S. The average molecular weight is 226 g/mol. The number of hydrogen-bond acceptors (Lipinski definition) is 2. The van der Waals surface area contributed by atoms with Gasteiger partial charge in [-0.25, -0.2) is 0 Å². The van der Waals surface area contributed by atoms with E-state index in [-0.39, 0.29) is 4.31 Å². The molecule has 12 heavy (non-hydrogen) atoms. The topological polar surface area (TPSA) is 37.4 Å². The van der Waals surface area contributed by atoms with Crippen molar-refractivity contribution in [3.8, 4) is 0 Å². The van der Waals surface area contributed by atoms with Gasteiger partial charge in [-0.3, -0.25) is 0 Å². The van der Waals surface area contributed by atoms with E-state index in [1.807, 2.05) is 0 Å². The lowest BCUT2D eigenvalue weighted by atomic mass is 10.3. The van der Waals surface area contributed by atoms with E-state index >= 15 is 0 Å². The van der Waals surface area contributed by atoms with E-state index in [9.17, 15) is 21.6 Å². The fraction of sp³-hybridized carbons (Fsp3) is 1.00. The van der Waals surface area contributed by atoms with Gasteiger partial charge in [-0.15, -0.1) is 0 Å². The fourth-order valence-electron chi connectivity index (χ4n) is 0.395. The minimum Gasteiger partial charge on any atom is -0.195 e. The molecule has 1 unspecified atom stereocenters. The van der Waals surface area contributed by atoms with E-state index in [0.717, 1.165) is 7.05 Å². The maximum Gasteiger partial charge on any atom is 0.404 e. The lowest BCUT2D eigenvalue weighted by molar-refractivity contribution is -0.163. The fourth-order valence-corrected chi connectivity index (χ4v) is 1.25. The summed E-state index contributed by atoms with van der Waals surface area (Å²) in [7, 11) is 1.15. The van der Waals surface area contributed by atoms with Crippen LogP contribution in [0.1, 0.15) is 6.92 Å². The van der Waals surface area contributed by atoms with Crippen LogP contribution in [-0.2, 0) is 9.24 Å². The number of hydrogen-bond donors (Lipinski definition) is 0. The molecule has 0 aromatic heterocycles. The predicted octanol–water partition coefficient (Wildman–Crippen LogP) is 1.35. The maximum absolute atomic E-state index is 11.9. The SMILES string of the molecule is CC(N(C)S(=O)(=O)Cl)C(F)(F)F.